The van der Waals surface area contributed by atoms with Gasteiger partial charge in [0.1, 0.15) is 11.5 Å². The number of hydrogen-bond acceptors (Lipinski definition) is 4. The second-order valence-electron chi connectivity index (χ2n) is 6.74. The van der Waals surface area contributed by atoms with E-state index >= 15 is 0 Å². The van der Waals surface area contributed by atoms with Crippen LogP contribution in [0, 0.1) is 5.92 Å². The molecule has 0 aliphatic carbocycles. The number of nitrogens with zero attached hydrogens (tertiary/aromatic N) is 1. The van der Waals surface area contributed by atoms with Gasteiger partial charge < -0.3 is 19.7 Å². The van der Waals surface area contributed by atoms with Crippen LogP contribution in [0.25, 0.3) is 0 Å². The lowest BCUT2D eigenvalue weighted by molar-refractivity contribution is 0.275. The molecule has 1 heterocycles. The van der Waals surface area contributed by atoms with Crippen molar-refractivity contribution in [3.8, 4) is 11.5 Å². The zero-order valence-corrected chi connectivity index (χ0v) is 14.1. The number of rotatable bonds is 4. The molecule has 1 aliphatic rings. The Morgan fingerprint density at radius 1 is 1.24 bits per heavy atom. The lowest BCUT2D eigenvalue weighted by atomic mass is 9.92. The third-order valence-corrected chi connectivity index (χ3v) is 4.22. The number of ether oxygens (including phenoxy) is 2. The van der Waals surface area contributed by atoms with Crippen LogP contribution in [0.3, 0.4) is 0 Å². The van der Waals surface area contributed by atoms with Crippen molar-refractivity contribution in [2.24, 2.45) is 5.92 Å². The SMILES string of the molecule is COc1ccc(N2CC(C)(C)NCC2C(C)C)c(OC)c1. The van der Waals surface area contributed by atoms with Gasteiger partial charge in [-0.05, 0) is 31.9 Å². The molecule has 0 saturated carbocycles. The van der Waals surface area contributed by atoms with Crippen LogP contribution < -0.4 is 19.7 Å². The van der Waals surface area contributed by atoms with Crippen molar-refractivity contribution in [3.05, 3.63) is 18.2 Å². The molecule has 4 heteroatoms. The summed E-state index contributed by atoms with van der Waals surface area (Å²) in [7, 11) is 3.40. The van der Waals surface area contributed by atoms with Gasteiger partial charge in [0.05, 0.1) is 19.9 Å². The molecule has 118 valence electrons. The Kier molecular flexibility index (Phi) is 4.67. The summed E-state index contributed by atoms with van der Waals surface area (Å²) in [5, 5.41) is 3.64. The van der Waals surface area contributed by atoms with Crippen molar-refractivity contribution in [1.82, 2.24) is 5.32 Å². The second-order valence-corrected chi connectivity index (χ2v) is 6.74. The molecule has 0 bridgehead atoms. The highest BCUT2D eigenvalue weighted by Crippen LogP contribution is 2.36. The van der Waals surface area contributed by atoms with Crippen LogP contribution in [-0.2, 0) is 0 Å². The van der Waals surface area contributed by atoms with Crippen LogP contribution in [0.2, 0.25) is 0 Å². The number of methoxy groups -OCH3 is 2. The third kappa shape index (κ3) is 3.43. The standard InChI is InChI=1S/C17H28N2O2/c1-12(2)15-10-18-17(3,4)11-19(15)14-8-7-13(20-5)9-16(14)21-6/h7-9,12,15,18H,10-11H2,1-6H3. The first-order chi connectivity index (χ1) is 9.88. The highest BCUT2D eigenvalue weighted by Gasteiger charge is 2.35. The molecule has 0 radical (unpaired) electrons. The van der Waals surface area contributed by atoms with Gasteiger partial charge in [0.2, 0.25) is 0 Å². The first kappa shape index (κ1) is 16.0. The molecule has 1 aromatic rings. The fourth-order valence-electron chi connectivity index (χ4n) is 2.97. The maximum atomic E-state index is 5.60. The fourth-order valence-corrected chi connectivity index (χ4v) is 2.97. The quantitative estimate of drug-likeness (QED) is 0.925. The first-order valence-corrected chi connectivity index (χ1v) is 7.61. The minimum absolute atomic E-state index is 0.0936. The van der Waals surface area contributed by atoms with Gasteiger partial charge in [-0.25, -0.2) is 0 Å². The lowest BCUT2D eigenvalue weighted by Gasteiger charge is -2.47. The summed E-state index contributed by atoms with van der Waals surface area (Å²) in [5.41, 5.74) is 1.24. The van der Waals surface area contributed by atoms with E-state index in [9.17, 15) is 0 Å². The van der Waals surface area contributed by atoms with E-state index in [1.165, 1.54) is 0 Å². The molecule has 1 N–H and O–H groups in total. The Hall–Kier alpha value is -1.42. The van der Waals surface area contributed by atoms with Crippen molar-refractivity contribution in [1.29, 1.82) is 0 Å². The number of benzene rings is 1. The zero-order valence-electron chi connectivity index (χ0n) is 14.1. The monoisotopic (exact) mass is 292 g/mol. The normalized spacial score (nSPS) is 21.5. The van der Waals surface area contributed by atoms with Crippen molar-refractivity contribution < 1.29 is 9.47 Å². The van der Waals surface area contributed by atoms with E-state index in [1.807, 2.05) is 12.1 Å². The summed E-state index contributed by atoms with van der Waals surface area (Å²) in [6.07, 6.45) is 0. The molecule has 1 aromatic carbocycles. The van der Waals surface area contributed by atoms with Crippen LogP contribution >= 0.6 is 0 Å². The molecule has 0 aromatic heterocycles. The largest absolute Gasteiger partial charge is 0.497 e. The summed E-state index contributed by atoms with van der Waals surface area (Å²) in [6, 6.07) is 6.53. The molecule has 0 spiro atoms. The number of nitrogens with one attached hydrogen (secondary N) is 1. The van der Waals surface area contributed by atoms with Gasteiger partial charge in [-0.1, -0.05) is 13.8 Å². The molecule has 0 amide bonds. The van der Waals surface area contributed by atoms with Gasteiger partial charge >= 0.3 is 0 Å². The van der Waals surface area contributed by atoms with Gasteiger partial charge in [0.15, 0.2) is 0 Å². The van der Waals surface area contributed by atoms with E-state index in [1.54, 1.807) is 14.2 Å². The molecule has 21 heavy (non-hydrogen) atoms. The smallest absolute Gasteiger partial charge is 0.145 e. The zero-order chi connectivity index (χ0) is 15.6. The van der Waals surface area contributed by atoms with Gasteiger partial charge in [0.25, 0.3) is 0 Å². The van der Waals surface area contributed by atoms with Crippen LogP contribution in [0.4, 0.5) is 5.69 Å². The van der Waals surface area contributed by atoms with E-state index in [0.29, 0.717) is 12.0 Å². The number of piperazine rings is 1. The van der Waals surface area contributed by atoms with Crippen molar-refractivity contribution in [2.75, 3.05) is 32.2 Å². The Bertz CT molecular complexity index is 486. The van der Waals surface area contributed by atoms with Gasteiger partial charge in [-0.15, -0.1) is 0 Å². The molecule has 1 unspecified atom stereocenters. The van der Waals surface area contributed by atoms with Crippen molar-refractivity contribution >= 4 is 5.69 Å². The molecule has 1 saturated heterocycles. The lowest BCUT2D eigenvalue weighted by Crippen LogP contribution is -2.63. The van der Waals surface area contributed by atoms with E-state index in [0.717, 1.165) is 30.3 Å². The van der Waals surface area contributed by atoms with Crippen molar-refractivity contribution in [2.45, 2.75) is 39.3 Å². The average Bonchev–Trinajstić information content (AvgIpc) is 2.45. The fraction of sp³-hybridized carbons (Fsp3) is 0.647. The summed E-state index contributed by atoms with van der Waals surface area (Å²) in [5.74, 6) is 2.27. The highest BCUT2D eigenvalue weighted by atomic mass is 16.5. The topological polar surface area (TPSA) is 33.7 Å². The van der Waals surface area contributed by atoms with E-state index in [-0.39, 0.29) is 5.54 Å². The van der Waals surface area contributed by atoms with Gasteiger partial charge in [-0.2, -0.15) is 0 Å². The van der Waals surface area contributed by atoms with Gasteiger partial charge in [0, 0.05) is 30.7 Å². The Balaban J connectivity index is 2.40. The highest BCUT2D eigenvalue weighted by molar-refractivity contribution is 5.62. The van der Waals surface area contributed by atoms with E-state index < -0.39 is 0 Å². The average molecular weight is 292 g/mol. The summed E-state index contributed by atoms with van der Waals surface area (Å²) >= 11 is 0. The van der Waals surface area contributed by atoms with Crippen LogP contribution in [-0.4, -0.2) is 38.9 Å². The summed E-state index contributed by atoms with van der Waals surface area (Å²) in [4.78, 5) is 2.47. The van der Waals surface area contributed by atoms with E-state index in [2.05, 4.69) is 44.0 Å². The third-order valence-electron chi connectivity index (χ3n) is 4.22. The minimum Gasteiger partial charge on any atom is -0.497 e. The molecule has 4 nitrogen and oxygen atoms in total. The second kappa shape index (κ2) is 6.14. The molecular formula is C17H28N2O2. The Morgan fingerprint density at radius 2 is 1.95 bits per heavy atom. The van der Waals surface area contributed by atoms with Crippen LogP contribution in [0.5, 0.6) is 11.5 Å². The summed E-state index contributed by atoms with van der Waals surface area (Å²) in [6.45, 7) is 11.0. The Morgan fingerprint density at radius 3 is 2.52 bits per heavy atom. The molecule has 1 fully saturated rings. The van der Waals surface area contributed by atoms with Gasteiger partial charge in [-0.3, -0.25) is 0 Å². The van der Waals surface area contributed by atoms with Crippen molar-refractivity contribution in [3.63, 3.8) is 0 Å². The van der Waals surface area contributed by atoms with Crippen LogP contribution in [0.15, 0.2) is 18.2 Å². The molecule has 1 atom stereocenters. The molecular weight excluding hydrogens is 264 g/mol. The maximum Gasteiger partial charge on any atom is 0.145 e. The first-order valence-electron chi connectivity index (χ1n) is 7.61. The number of anilines is 1. The predicted octanol–water partition coefficient (Wildman–Crippen LogP) is 2.92. The predicted molar refractivity (Wildman–Crippen MR) is 87.6 cm³/mol. The minimum atomic E-state index is 0.0936. The van der Waals surface area contributed by atoms with E-state index in [4.69, 9.17) is 9.47 Å². The molecule has 1 aliphatic heterocycles. The number of hydrogen-bond donors (Lipinski definition) is 1. The maximum absolute atomic E-state index is 5.60. The molecule has 2 rings (SSSR count). The summed E-state index contributed by atoms with van der Waals surface area (Å²) < 4.78 is 10.9. The Labute approximate surface area is 128 Å². The van der Waals surface area contributed by atoms with Crippen LogP contribution in [0.1, 0.15) is 27.7 Å².